The van der Waals surface area contributed by atoms with Crippen LogP contribution in [0, 0.1) is 11.6 Å². The molecule has 2 atom stereocenters. The van der Waals surface area contributed by atoms with E-state index in [9.17, 15) is 23.2 Å². The van der Waals surface area contributed by atoms with E-state index in [2.05, 4.69) is 5.32 Å². The van der Waals surface area contributed by atoms with Gasteiger partial charge in [-0.15, -0.1) is 0 Å². The van der Waals surface area contributed by atoms with Crippen molar-refractivity contribution in [2.75, 3.05) is 13.7 Å². The molecule has 1 aromatic heterocycles. The zero-order chi connectivity index (χ0) is 26.8. The van der Waals surface area contributed by atoms with Crippen LogP contribution in [0.15, 0.2) is 59.5 Å². The van der Waals surface area contributed by atoms with Crippen molar-refractivity contribution < 1.29 is 32.6 Å². The summed E-state index contributed by atoms with van der Waals surface area (Å²) in [4.78, 5) is 41.6. The number of fused-ring (bicyclic) bond motifs is 2. The first-order valence-electron chi connectivity index (χ1n) is 12.0. The number of halogens is 2. The number of amides is 2. The van der Waals surface area contributed by atoms with Crippen molar-refractivity contribution in [2.45, 2.75) is 38.6 Å². The standard InChI is InChI=1S/C27H25F2N3O6/c1-36-21-9-10-37-22-14-31-13-19(26(34)30-12-17-7-8-18(28)11-20(17)29)24(33)25(23(31)27(35)32(21)22)38-15-16-5-3-2-4-6-16/h2-8,11,13,21-22H,9-10,12,14-15H2,1H3,(H,30,34). The van der Waals surface area contributed by atoms with Crippen molar-refractivity contribution in [3.05, 3.63) is 99.0 Å². The number of hydrogen-bond acceptors (Lipinski definition) is 6. The van der Waals surface area contributed by atoms with Gasteiger partial charge in [0.1, 0.15) is 30.0 Å². The Morgan fingerprint density at radius 2 is 1.95 bits per heavy atom. The summed E-state index contributed by atoms with van der Waals surface area (Å²) in [6, 6.07) is 12.0. The van der Waals surface area contributed by atoms with Crippen LogP contribution in [0.5, 0.6) is 5.75 Å². The maximum atomic E-state index is 14.1. The second-order valence-electron chi connectivity index (χ2n) is 8.91. The number of methoxy groups -OCH3 is 1. The first kappa shape index (κ1) is 25.6. The maximum absolute atomic E-state index is 14.1. The van der Waals surface area contributed by atoms with Crippen LogP contribution in [0.4, 0.5) is 8.78 Å². The Morgan fingerprint density at radius 1 is 1.16 bits per heavy atom. The molecule has 2 aliphatic rings. The lowest BCUT2D eigenvalue weighted by atomic mass is 10.1. The van der Waals surface area contributed by atoms with Crippen LogP contribution < -0.4 is 15.5 Å². The van der Waals surface area contributed by atoms with E-state index in [1.54, 1.807) is 12.1 Å². The molecule has 0 bridgehead atoms. The molecule has 2 aromatic carbocycles. The summed E-state index contributed by atoms with van der Waals surface area (Å²) in [5.74, 6) is -3.17. The van der Waals surface area contributed by atoms with Crippen LogP contribution in [-0.2, 0) is 29.2 Å². The van der Waals surface area contributed by atoms with Crippen molar-refractivity contribution in [2.24, 2.45) is 0 Å². The van der Waals surface area contributed by atoms with E-state index < -0.39 is 41.3 Å². The zero-order valence-electron chi connectivity index (χ0n) is 20.5. The lowest BCUT2D eigenvalue weighted by Gasteiger charge is -2.44. The average molecular weight is 526 g/mol. The van der Waals surface area contributed by atoms with Crippen molar-refractivity contribution in [1.82, 2.24) is 14.8 Å². The van der Waals surface area contributed by atoms with Gasteiger partial charge in [0.2, 0.25) is 5.43 Å². The Bertz CT molecular complexity index is 1430. The van der Waals surface area contributed by atoms with Crippen LogP contribution in [0.3, 0.4) is 0 Å². The monoisotopic (exact) mass is 525 g/mol. The molecule has 0 spiro atoms. The summed E-state index contributed by atoms with van der Waals surface area (Å²) in [5, 5.41) is 2.49. The topological polar surface area (TPSA) is 99.1 Å². The highest BCUT2D eigenvalue weighted by atomic mass is 19.1. The summed E-state index contributed by atoms with van der Waals surface area (Å²) < 4.78 is 45.9. The third kappa shape index (κ3) is 4.90. The summed E-state index contributed by atoms with van der Waals surface area (Å²) >= 11 is 0. The Hall–Kier alpha value is -4.09. The molecular weight excluding hydrogens is 500 g/mol. The maximum Gasteiger partial charge on any atom is 0.278 e. The van der Waals surface area contributed by atoms with Gasteiger partial charge in [0.15, 0.2) is 17.7 Å². The molecule has 0 radical (unpaired) electrons. The second-order valence-corrected chi connectivity index (χ2v) is 8.91. The van der Waals surface area contributed by atoms with E-state index >= 15 is 0 Å². The van der Waals surface area contributed by atoms with Gasteiger partial charge in [-0.05, 0) is 11.6 Å². The fraction of sp³-hybridized carbons (Fsp3) is 0.296. The van der Waals surface area contributed by atoms with Crippen molar-refractivity contribution in [3.8, 4) is 5.75 Å². The van der Waals surface area contributed by atoms with Gasteiger partial charge in [-0.3, -0.25) is 19.3 Å². The summed E-state index contributed by atoms with van der Waals surface area (Å²) in [6.07, 6.45) is 0.533. The molecule has 1 saturated heterocycles. The fourth-order valence-corrected chi connectivity index (χ4v) is 4.60. The highest BCUT2D eigenvalue weighted by molar-refractivity contribution is 5.99. The molecule has 38 heavy (non-hydrogen) atoms. The number of nitrogens with zero attached hydrogens (tertiary/aromatic N) is 2. The number of ether oxygens (including phenoxy) is 3. The van der Waals surface area contributed by atoms with E-state index in [0.29, 0.717) is 19.1 Å². The Kier molecular flexibility index (Phi) is 7.21. The predicted octanol–water partition coefficient (Wildman–Crippen LogP) is 2.81. The van der Waals surface area contributed by atoms with Crippen LogP contribution >= 0.6 is 0 Å². The molecule has 2 aliphatic heterocycles. The molecule has 2 amide bonds. The van der Waals surface area contributed by atoms with Crippen molar-refractivity contribution in [1.29, 1.82) is 0 Å². The minimum Gasteiger partial charge on any atom is -0.483 e. The lowest BCUT2D eigenvalue weighted by Crippen LogP contribution is -2.58. The Labute approximate surface area is 216 Å². The van der Waals surface area contributed by atoms with E-state index in [4.69, 9.17) is 14.2 Å². The minimum absolute atomic E-state index is 0.0177. The SMILES string of the molecule is COC1CCOC2Cn3cc(C(=O)NCc4ccc(F)cc4F)c(=O)c(OCc4ccccc4)c3C(=O)N12. The smallest absolute Gasteiger partial charge is 0.278 e. The first-order valence-corrected chi connectivity index (χ1v) is 12.0. The molecule has 0 aliphatic carbocycles. The molecule has 5 rings (SSSR count). The molecule has 1 fully saturated rings. The molecule has 2 unspecified atom stereocenters. The zero-order valence-corrected chi connectivity index (χ0v) is 20.5. The number of benzene rings is 2. The number of carbonyl (C=O) groups excluding carboxylic acids is 2. The summed E-state index contributed by atoms with van der Waals surface area (Å²) in [7, 11) is 1.49. The summed E-state index contributed by atoms with van der Waals surface area (Å²) in [6.45, 7) is 0.211. The molecule has 1 N–H and O–H groups in total. The first-order chi connectivity index (χ1) is 18.4. The number of nitrogens with one attached hydrogen (secondary N) is 1. The Morgan fingerprint density at radius 3 is 2.68 bits per heavy atom. The second kappa shape index (κ2) is 10.7. The Balaban J connectivity index is 1.51. The van der Waals surface area contributed by atoms with Crippen LogP contribution in [0.1, 0.15) is 38.4 Å². The predicted molar refractivity (Wildman–Crippen MR) is 130 cm³/mol. The largest absolute Gasteiger partial charge is 0.483 e. The van der Waals surface area contributed by atoms with Crippen LogP contribution in [-0.4, -0.2) is 47.5 Å². The van der Waals surface area contributed by atoms with Gasteiger partial charge in [0.05, 0.1) is 13.2 Å². The molecule has 11 heteroatoms. The average Bonchev–Trinajstić information content (AvgIpc) is 2.92. The van der Waals surface area contributed by atoms with E-state index in [1.807, 2.05) is 18.2 Å². The van der Waals surface area contributed by atoms with Gasteiger partial charge >= 0.3 is 0 Å². The minimum atomic E-state index is -0.827. The number of pyridine rings is 1. The summed E-state index contributed by atoms with van der Waals surface area (Å²) in [5.41, 5.74) is -0.298. The lowest BCUT2D eigenvalue weighted by molar-refractivity contribution is -0.177. The normalized spacial score (nSPS) is 18.5. The van der Waals surface area contributed by atoms with E-state index in [1.165, 1.54) is 28.8 Å². The van der Waals surface area contributed by atoms with Gasteiger partial charge in [0, 0.05) is 37.9 Å². The fourth-order valence-electron chi connectivity index (χ4n) is 4.60. The molecule has 198 valence electrons. The number of aromatic nitrogens is 1. The molecule has 0 saturated carbocycles. The highest BCUT2D eigenvalue weighted by Crippen LogP contribution is 2.30. The molecule has 9 nitrogen and oxygen atoms in total. The van der Waals surface area contributed by atoms with E-state index in [0.717, 1.165) is 11.6 Å². The van der Waals surface area contributed by atoms with Crippen molar-refractivity contribution in [3.63, 3.8) is 0 Å². The third-order valence-electron chi connectivity index (χ3n) is 6.52. The number of carbonyl (C=O) groups is 2. The van der Waals surface area contributed by atoms with Crippen LogP contribution in [0.2, 0.25) is 0 Å². The molecular formula is C27H25F2N3O6. The number of rotatable bonds is 7. The van der Waals surface area contributed by atoms with Gasteiger partial charge in [-0.1, -0.05) is 36.4 Å². The van der Waals surface area contributed by atoms with Gasteiger partial charge in [-0.2, -0.15) is 0 Å². The van der Waals surface area contributed by atoms with Crippen molar-refractivity contribution >= 4 is 11.8 Å². The van der Waals surface area contributed by atoms with Gasteiger partial charge in [-0.25, -0.2) is 8.78 Å². The quantitative estimate of drug-likeness (QED) is 0.510. The number of hydrogen-bond donors (Lipinski definition) is 1. The third-order valence-corrected chi connectivity index (χ3v) is 6.52. The molecule has 3 heterocycles. The molecule has 3 aromatic rings. The van der Waals surface area contributed by atoms with Crippen LogP contribution in [0.25, 0.3) is 0 Å². The van der Waals surface area contributed by atoms with E-state index in [-0.39, 0.29) is 42.3 Å². The van der Waals surface area contributed by atoms with Gasteiger partial charge < -0.3 is 24.1 Å². The highest BCUT2D eigenvalue weighted by Gasteiger charge is 2.43. The van der Waals surface area contributed by atoms with Gasteiger partial charge in [0.25, 0.3) is 11.8 Å².